The summed E-state index contributed by atoms with van der Waals surface area (Å²) in [6.45, 7) is 0.325. The third-order valence-corrected chi connectivity index (χ3v) is 4.50. The Hall–Kier alpha value is -3.32. The van der Waals surface area contributed by atoms with Crippen LogP contribution in [0.1, 0.15) is 11.3 Å². The maximum absolute atomic E-state index is 12.9. The van der Waals surface area contributed by atoms with Gasteiger partial charge >= 0.3 is 0 Å². The highest BCUT2D eigenvalue weighted by atomic mass is 79.9. The van der Waals surface area contributed by atoms with Crippen molar-refractivity contribution in [2.24, 2.45) is 0 Å². The lowest BCUT2D eigenvalue weighted by molar-refractivity contribution is -0.384. The number of hydrogen-bond donors (Lipinski definition) is 0. The van der Waals surface area contributed by atoms with Gasteiger partial charge in [0.2, 0.25) is 0 Å². The lowest BCUT2D eigenvalue weighted by atomic mass is 10.2. The standard InChI is InChI=1S/C21H16BrN3O3/c22-17-7-11-19(12-8-17)24(15-18-3-1-2-14-23-18)21(26)13-6-16-4-9-20(10-5-16)25(27)28/h1-14H,15H2/b13-6+. The first-order valence-corrected chi connectivity index (χ1v) is 9.22. The molecule has 0 unspecified atom stereocenters. The summed E-state index contributed by atoms with van der Waals surface area (Å²) in [6.07, 6.45) is 4.77. The van der Waals surface area contributed by atoms with Crippen LogP contribution in [0.25, 0.3) is 6.08 Å². The zero-order valence-corrected chi connectivity index (χ0v) is 16.3. The molecule has 0 radical (unpaired) electrons. The van der Waals surface area contributed by atoms with Gasteiger partial charge in [0.1, 0.15) is 0 Å². The topological polar surface area (TPSA) is 76.3 Å². The Kier molecular flexibility index (Phi) is 6.29. The third-order valence-electron chi connectivity index (χ3n) is 3.97. The Labute approximate surface area is 170 Å². The molecule has 0 spiro atoms. The van der Waals surface area contributed by atoms with Gasteiger partial charge in [-0.05, 0) is 60.2 Å². The number of carbonyl (C=O) groups excluding carboxylic acids is 1. The van der Waals surface area contributed by atoms with Crippen LogP contribution in [0.4, 0.5) is 11.4 Å². The van der Waals surface area contributed by atoms with E-state index in [2.05, 4.69) is 20.9 Å². The van der Waals surface area contributed by atoms with Crippen molar-refractivity contribution in [1.29, 1.82) is 0 Å². The molecule has 0 aliphatic heterocycles. The fourth-order valence-corrected chi connectivity index (χ4v) is 2.80. The second-order valence-electron chi connectivity index (χ2n) is 5.90. The molecule has 3 rings (SSSR count). The van der Waals surface area contributed by atoms with Gasteiger partial charge in [-0.25, -0.2) is 0 Å². The number of aromatic nitrogens is 1. The number of nitrogens with zero attached hydrogens (tertiary/aromatic N) is 3. The van der Waals surface area contributed by atoms with Crippen LogP contribution in [-0.2, 0) is 11.3 Å². The van der Waals surface area contributed by atoms with Crippen LogP contribution in [0.2, 0.25) is 0 Å². The number of benzene rings is 2. The summed E-state index contributed by atoms with van der Waals surface area (Å²) in [5.74, 6) is -0.216. The van der Waals surface area contributed by atoms with E-state index in [1.54, 1.807) is 29.3 Å². The number of halogens is 1. The van der Waals surface area contributed by atoms with Crippen molar-refractivity contribution in [1.82, 2.24) is 4.98 Å². The highest BCUT2D eigenvalue weighted by Gasteiger charge is 2.14. The molecule has 7 heteroatoms. The minimum absolute atomic E-state index is 0.00937. The molecule has 140 valence electrons. The largest absolute Gasteiger partial charge is 0.303 e. The molecule has 0 saturated carbocycles. The first-order valence-electron chi connectivity index (χ1n) is 8.42. The summed E-state index contributed by atoms with van der Waals surface area (Å²) in [4.78, 5) is 29.1. The molecule has 6 nitrogen and oxygen atoms in total. The second-order valence-corrected chi connectivity index (χ2v) is 6.82. The Morgan fingerprint density at radius 2 is 1.79 bits per heavy atom. The van der Waals surface area contributed by atoms with Crippen LogP contribution in [0, 0.1) is 10.1 Å². The van der Waals surface area contributed by atoms with Gasteiger partial charge in [0, 0.05) is 34.6 Å². The van der Waals surface area contributed by atoms with Gasteiger partial charge in [-0.2, -0.15) is 0 Å². The van der Waals surface area contributed by atoms with Crippen molar-refractivity contribution in [3.8, 4) is 0 Å². The van der Waals surface area contributed by atoms with E-state index in [9.17, 15) is 14.9 Å². The van der Waals surface area contributed by atoms with E-state index in [1.165, 1.54) is 18.2 Å². The van der Waals surface area contributed by atoms with Gasteiger partial charge in [0.25, 0.3) is 11.6 Å². The zero-order valence-electron chi connectivity index (χ0n) is 14.7. The fraction of sp³-hybridized carbons (Fsp3) is 0.0476. The van der Waals surface area contributed by atoms with Crippen molar-refractivity contribution < 1.29 is 9.72 Å². The number of amides is 1. The number of nitro benzene ring substituents is 1. The maximum Gasteiger partial charge on any atom is 0.269 e. The molecular weight excluding hydrogens is 422 g/mol. The molecule has 2 aromatic carbocycles. The van der Waals surface area contributed by atoms with E-state index in [0.29, 0.717) is 12.1 Å². The molecule has 0 fully saturated rings. The normalized spacial score (nSPS) is 10.8. The monoisotopic (exact) mass is 437 g/mol. The van der Waals surface area contributed by atoms with Crippen molar-refractivity contribution in [3.05, 3.63) is 105 Å². The molecule has 1 amide bonds. The van der Waals surface area contributed by atoms with E-state index in [-0.39, 0.29) is 11.6 Å². The summed E-state index contributed by atoms with van der Waals surface area (Å²) in [5.41, 5.74) is 2.22. The molecule has 28 heavy (non-hydrogen) atoms. The van der Waals surface area contributed by atoms with Crippen molar-refractivity contribution in [2.75, 3.05) is 4.90 Å². The minimum atomic E-state index is -0.458. The quantitative estimate of drug-likeness (QED) is 0.308. The Morgan fingerprint density at radius 1 is 1.07 bits per heavy atom. The van der Waals surface area contributed by atoms with Crippen LogP contribution >= 0.6 is 15.9 Å². The molecule has 1 aromatic heterocycles. The van der Waals surface area contributed by atoms with E-state index in [1.807, 2.05) is 42.5 Å². The number of non-ortho nitro benzene ring substituents is 1. The van der Waals surface area contributed by atoms with Crippen LogP contribution in [0.5, 0.6) is 0 Å². The van der Waals surface area contributed by atoms with E-state index < -0.39 is 4.92 Å². The van der Waals surface area contributed by atoms with Gasteiger partial charge in [0.15, 0.2) is 0 Å². The second kappa shape index (κ2) is 9.05. The third kappa shape index (κ3) is 5.11. The number of pyridine rings is 1. The van der Waals surface area contributed by atoms with Gasteiger partial charge < -0.3 is 4.90 Å². The van der Waals surface area contributed by atoms with Crippen LogP contribution < -0.4 is 4.90 Å². The molecule has 0 aliphatic rings. The summed E-state index contributed by atoms with van der Waals surface area (Å²) in [5, 5.41) is 10.7. The van der Waals surface area contributed by atoms with E-state index in [0.717, 1.165) is 15.9 Å². The molecule has 1 heterocycles. The molecule has 3 aromatic rings. The lowest BCUT2D eigenvalue weighted by Crippen LogP contribution is -2.29. The number of nitro groups is 1. The predicted octanol–water partition coefficient (Wildman–Crippen LogP) is 5.00. The molecular formula is C21H16BrN3O3. The Bertz CT molecular complexity index is 988. The molecule has 0 atom stereocenters. The summed E-state index contributed by atoms with van der Waals surface area (Å²) in [7, 11) is 0. The minimum Gasteiger partial charge on any atom is -0.303 e. The fourth-order valence-electron chi connectivity index (χ4n) is 2.54. The van der Waals surface area contributed by atoms with Crippen molar-refractivity contribution in [2.45, 2.75) is 6.54 Å². The first-order chi connectivity index (χ1) is 13.5. The SMILES string of the molecule is O=C(/C=C/c1ccc([N+](=O)[O-])cc1)N(Cc1ccccn1)c1ccc(Br)cc1. The summed E-state index contributed by atoms with van der Waals surface area (Å²) in [6, 6.07) is 19.0. The Morgan fingerprint density at radius 3 is 2.39 bits per heavy atom. The van der Waals surface area contributed by atoms with Crippen LogP contribution in [-0.4, -0.2) is 15.8 Å². The molecule has 0 saturated heterocycles. The highest BCUT2D eigenvalue weighted by molar-refractivity contribution is 9.10. The van der Waals surface area contributed by atoms with Gasteiger partial charge in [-0.15, -0.1) is 0 Å². The smallest absolute Gasteiger partial charge is 0.269 e. The van der Waals surface area contributed by atoms with Gasteiger partial charge in [-0.1, -0.05) is 22.0 Å². The van der Waals surface area contributed by atoms with Crippen LogP contribution in [0.15, 0.2) is 83.5 Å². The predicted molar refractivity (Wildman–Crippen MR) is 112 cm³/mol. The van der Waals surface area contributed by atoms with Crippen molar-refractivity contribution >= 4 is 39.3 Å². The number of rotatable bonds is 6. The molecule has 0 N–H and O–H groups in total. The van der Waals surface area contributed by atoms with E-state index in [4.69, 9.17) is 0 Å². The maximum atomic E-state index is 12.9. The Balaban J connectivity index is 1.83. The number of anilines is 1. The first kappa shape index (κ1) is 19.4. The number of hydrogen-bond acceptors (Lipinski definition) is 4. The summed E-state index contributed by atoms with van der Waals surface area (Å²) >= 11 is 3.40. The lowest BCUT2D eigenvalue weighted by Gasteiger charge is -2.21. The molecule has 0 bridgehead atoms. The van der Waals surface area contributed by atoms with Gasteiger partial charge in [-0.3, -0.25) is 19.9 Å². The zero-order chi connectivity index (χ0) is 19.9. The van der Waals surface area contributed by atoms with Gasteiger partial charge in [0.05, 0.1) is 17.2 Å². The van der Waals surface area contributed by atoms with Crippen molar-refractivity contribution in [3.63, 3.8) is 0 Å². The average Bonchev–Trinajstić information content (AvgIpc) is 2.72. The van der Waals surface area contributed by atoms with E-state index >= 15 is 0 Å². The summed E-state index contributed by atoms with van der Waals surface area (Å²) < 4.78 is 0.919. The molecule has 0 aliphatic carbocycles. The number of carbonyl (C=O) groups is 1. The average molecular weight is 438 g/mol. The van der Waals surface area contributed by atoms with Crippen LogP contribution in [0.3, 0.4) is 0 Å². The highest BCUT2D eigenvalue weighted by Crippen LogP contribution is 2.21.